The molecule has 0 aliphatic carbocycles. The standard InChI is InChI=1S/C27H31Cl3N4O5S/c1-17(2)32-16-25-33(40(37,38)24-8-7-20(29)14-21(24)30)15-23(31-9-11-39-12-10-31)27(36)34(25)22(26(32)35)13-18-3-5-19(28)6-4-18/h3-8,14,17,22-23,25H,9-13,15-16H2,1-2H3. The van der Waals surface area contributed by atoms with Gasteiger partial charge >= 0.3 is 0 Å². The number of hydrogen-bond acceptors (Lipinski definition) is 6. The number of morpholine rings is 1. The van der Waals surface area contributed by atoms with E-state index in [0.717, 1.165) is 5.56 Å². The van der Waals surface area contributed by atoms with Crippen LogP contribution in [0.4, 0.5) is 0 Å². The number of carbonyl (C=O) groups excluding carboxylic acids is 2. The second kappa shape index (κ2) is 11.8. The predicted octanol–water partition coefficient (Wildman–Crippen LogP) is 3.37. The normalized spacial score (nSPS) is 25.0. The maximum absolute atomic E-state index is 14.3. The highest BCUT2D eigenvalue weighted by Crippen LogP contribution is 2.36. The molecule has 3 aliphatic rings. The first-order valence-corrected chi connectivity index (χ1v) is 15.7. The number of carbonyl (C=O) groups is 2. The average Bonchev–Trinajstić information content (AvgIpc) is 2.91. The number of hydrogen-bond donors (Lipinski definition) is 0. The van der Waals surface area contributed by atoms with Gasteiger partial charge in [0.1, 0.15) is 23.1 Å². The highest BCUT2D eigenvalue weighted by Gasteiger charge is 2.55. The minimum atomic E-state index is -4.21. The molecule has 5 rings (SSSR count). The van der Waals surface area contributed by atoms with Gasteiger partial charge in [-0.25, -0.2) is 8.42 Å². The van der Waals surface area contributed by atoms with Crippen molar-refractivity contribution in [1.29, 1.82) is 0 Å². The van der Waals surface area contributed by atoms with Gasteiger partial charge in [0.15, 0.2) is 0 Å². The van der Waals surface area contributed by atoms with Crippen LogP contribution >= 0.6 is 34.8 Å². The molecule has 0 saturated carbocycles. The zero-order valence-electron chi connectivity index (χ0n) is 22.2. The van der Waals surface area contributed by atoms with Crippen LogP contribution in [0.3, 0.4) is 0 Å². The fourth-order valence-corrected chi connectivity index (χ4v) is 8.12. The van der Waals surface area contributed by atoms with Gasteiger partial charge in [0, 0.05) is 42.1 Å². The molecule has 0 aromatic heterocycles. The molecule has 0 N–H and O–H groups in total. The first kappa shape index (κ1) is 29.6. The first-order valence-electron chi connectivity index (χ1n) is 13.1. The third-order valence-corrected chi connectivity index (χ3v) is 10.6. The summed E-state index contributed by atoms with van der Waals surface area (Å²) in [7, 11) is -4.21. The van der Waals surface area contributed by atoms with Crippen molar-refractivity contribution in [3.63, 3.8) is 0 Å². The number of fused-ring (bicyclic) bond motifs is 1. The fourth-order valence-electron chi connectivity index (χ4n) is 5.67. The molecule has 13 heteroatoms. The second-order valence-electron chi connectivity index (χ2n) is 10.5. The lowest BCUT2D eigenvalue weighted by atomic mass is 9.96. The van der Waals surface area contributed by atoms with Crippen molar-refractivity contribution in [2.24, 2.45) is 0 Å². The minimum absolute atomic E-state index is 0.0100. The summed E-state index contributed by atoms with van der Waals surface area (Å²) in [5, 5.41) is 0.853. The lowest BCUT2D eigenvalue weighted by molar-refractivity contribution is -0.173. The fraction of sp³-hybridized carbons (Fsp3) is 0.481. The van der Waals surface area contributed by atoms with Crippen LogP contribution in [-0.2, 0) is 30.8 Å². The Labute approximate surface area is 249 Å². The van der Waals surface area contributed by atoms with E-state index in [1.807, 2.05) is 30.9 Å². The third kappa shape index (κ3) is 5.60. The molecule has 3 atom stereocenters. The number of nitrogens with zero attached hydrogens (tertiary/aromatic N) is 4. The van der Waals surface area contributed by atoms with Crippen molar-refractivity contribution in [1.82, 2.24) is 19.0 Å². The number of sulfonamides is 1. The lowest BCUT2D eigenvalue weighted by Gasteiger charge is -2.55. The Bertz CT molecular complexity index is 1390. The van der Waals surface area contributed by atoms with Gasteiger partial charge in [-0.05, 0) is 49.7 Å². The number of benzene rings is 2. The summed E-state index contributed by atoms with van der Waals surface area (Å²) >= 11 is 18.6. The summed E-state index contributed by atoms with van der Waals surface area (Å²) in [6.07, 6.45) is -0.702. The van der Waals surface area contributed by atoms with E-state index in [9.17, 15) is 18.0 Å². The van der Waals surface area contributed by atoms with Gasteiger partial charge in [0.25, 0.3) is 0 Å². The van der Waals surface area contributed by atoms with Gasteiger partial charge in [-0.2, -0.15) is 4.31 Å². The number of halogens is 3. The predicted molar refractivity (Wildman–Crippen MR) is 153 cm³/mol. The maximum atomic E-state index is 14.3. The molecule has 3 saturated heterocycles. The van der Waals surface area contributed by atoms with Crippen LogP contribution < -0.4 is 0 Å². The van der Waals surface area contributed by atoms with Gasteiger partial charge in [-0.3, -0.25) is 14.5 Å². The highest BCUT2D eigenvalue weighted by molar-refractivity contribution is 7.89. The molecule has 3 heterocycles. The Morgan fingerprint density at radius 1 is 0.925 bits per heavy atom. The number of rotatable bonds is 6. The van der Waals surface area contributed by atoms with Crippen LogP contribution in [0.25, 0.3) is 0 Å². The topological polar surface area (TPSA) is 90.5 Å². The van der Waals surface area contributed by atoms with Crippen LogP contribution in [0, 0.1) is 0 Å². The number of amides is 2. The third-order valence-electron chi connectivity index (χ3n) is 7.74. The smallest absolute Gasteiger partial charge is 0.246 e. The van der Waals surface area contributed by atoms with E-state index >= 15 is 0 Å². The van der Waals surface area contributed by atoms with Crippen LogP contribution in [0.1, 0.15) is 19.4 Å². The molecule has 2 amide bonds. The Balaban J connectivity index is 1.62. The van der Waals surface area contributed by atoms with Crippen LogP contribution in [-0.4, -0.2) is 103 Å². The summed E-state index contributed by atoms with van der Waals surface area (Å²) in [6, 6.07) is 9.43. The number of piperazine rings is 1. The van der Waals surface area contributed by atoms with Crippen molar-refractivity contribution < 1.29 is 22.7 Å². The highest BCUT2D eigenvalue weighted by atomic mass is 35.5. The van der Waals surface area contributed by atoms with Crippen LogP contribution in [0.5, 0.6) is 0 Å². The van der Waals surface area contributed by atoms with Crippen molar-refractivity contribution in [2.45, 2.75) is 49.5 Å². The van der Waals surface area contributed by atoms with Crippen molar-refractivity contribution in [3.8, 4) is 0 Å². The van der Waals surface area contributed by atoms with Gasteiger partial charge in [0.2, 0.25) is 21.8 Å². The molecule has 2 aromatic rings. The van der Waals surface area contributed by atoms with E-state index in [-0.39, 0.29) is 47.3 Å². The second-order valence-corrected chi connectivity index (χ2v) is 13.6. The Hall–Kier alpha value is -1.92. The summed E-state index contributed by atoms with van der Waals surface area (Å²) in [5.41, 5.74) is 0.809. The molecule has 9 nitrogen and oxygen atoms in total. The van der Waals surface area contributed by atoms with Gasteiger partial charge < -0.3 is 14.5 Å². The van der Waals surface area contributed by atoms with Crippen molar-refractivity contribution in [2.75, 3.05) is 39.4 Å². The SMILES string of the molecule is CC(C)N1CC2N(C(=O)C(N3CCOCC3)CN2S(=O)(=O)c2ccc(Cl)cc2Cl)C(Cc2ccc(Cl)cc2)C1=O. The quantitative estimate of drug-likeness (QED) is 0.487. The van der Waals surface area contributed by atoms with Crippen molar-refractivity contribution >= 4 is 56.6 Å². The molecule has 0 radical (unpaired) electrons. The van der Waals surface area contributed by atoms with Gasteiger partial charge in [0.05, 0.1) is 24.8 Å². The number of ether oxygens (including phenoxy) is 1. The molecule has 2 aromatic carbocycles. The minimum Gasteiger partial charge on any atom is -0.379 e. The Morgan fingerprint density at radius 2 is 1.57 bits per heavy atom. The summed E-state index contributed by atoms with van der Waals surface area (Å²) in [4.78, 5) is 33.1. The molecule has 40 heavy (non-hydrogen) atoms. The first-order chi connectivity index (χ1) is 19.0. The maximum Gasteiger partial charge on any atom is 0.246 e. The Kier molecular flexibility index (Phi) is 8.69. The molecule has 0 bridgehead atoms. The molecule has 216 valence electrons. The largest absolute Gasteiger partial charge is 0.379 e. The Morgan fingerprint density at radius 3 is 2.20 bits per heavy atom. The molecular weight excluding hydrogens is 599 g/mol. The van der Waals surface area contributed by atoms with E-state index in [4.69, 9.17) is 39.5 Å². The summed E-state index contributed by atoms with van der Waals surface area (Å²) in [5.74, 6) is -0.490. The molecule has 3 aliphatic heterocycles. The van der Waals surface area contributed by atoms with Crippen LogP contribution in [0.2, 0.25) is 15.1 Å². The average molecular weight is 630 g/mol. The van der Waals surface area contributed by atoms with E-state index in [2.05, 4.69) is 0 Å². The molecular formula is C27H31Cl3N4O5S. The van der Waals surface area contributed by atoms with E-state index in [1.54, 1.807) is 17.0 Å². The van der Waals surface area contributed by atoms with Gasteiger partial charge in [-0.15, -0.1) is 0 Å². The zero-order valence-corrected chi connectivity index (χ0v) is 25.3. The molecule has 3 unspecified atom stereocenters. The van der Waals surface area contributed by atoms with E-state index in [0.29, 0.717) is 36.3 Å². The summed E-state index contributed by atoms with van der Waals surface area (Å²) < 4.78 is 35.4. The zero-order chi connectivity index (χ0) is 28.8. The molecule has 0 spiro atoms. The van der Waals surface area contributed by atoms with E-state index in [1.165, 1.54) is 27.4 Å². The van der Waals surface area contributed by atoms with Crippen LogP contribution in [0.15, 0.2) is 47.4 Å². The van der Waals surface area contributed by atoms with Crippen molar-refractivity contribution in [3.05, 3.63) is 63.1 Å². The van der Waals surface area contributed by atoms with Gasteiger partial charge in [-0.1, -0.05) is 46.9 Å². The van der Waals surface area contributed by atoms with E-state index < -0.39 is 28.3 Å². The summed E-state index contributed by atoms with van der Waals surface area (Å²) in [6.45, 7) is 5.52. The molecule has 3 fully saturated rings. The monoisotopic (exact) mass is 628 g/mol. The lowest BCUT2D eigenvalue weighted by Crippen LogP contribution is -2.76.